The van der Waals surface area contributed by atoms with Gasteiger partial charge in [-0.15, -0.1) is 0 Å². The van der Waals surface area contributed by atoms with Crippen molar-refractivity contribution in [1.29, 1.82) is 0 Å². The second kappa shape index (κ2) is 5.89. The van der Waals surface area contributed by atoms with Gasteiger partial charge in [-0.3, -0.25) is 0 Å². The summed E-state index contributed by atoms with van der Waals surface area (Å²) in [5, 5.41) is 0. The Bertz CT molecular complexity index is 623. The minimum Gasteiger partial charge on any atom is -0.497 e. The fourth-order valence-electron chi connectivity index (χ4n) is 2.00. The Hall–Kier alpha value is -1.46. The predicted octanol–water partition coefficient (Wildman–Crippen LogP) is 4.09. The highest BCUT2D eigenvalue weighted by atomic mass is 79.9. The van der Waals surface area contributed by atoms with Crippen LogP contribution in [0, 0.1) is 18.6 Å². The Labute approximate surface area is 124 Å². The van der Waals surface area contributed by atoms with Crippen LogP contribution in [0.3, 0.4) is 0 Å². The molecule has 2 rings (SSSR count). The van der Waals surface area contributed by atoms with Gasteiger partial charge in [0.1, 0.15) is 17.4 Å². The molecule has 2 nitrogen and oxygen atoms in total. The lowest BCUT2D eigenvalue weighted by Crippen LogP contribution is -2.16. The lowest BCUT2D eigenvalue weighted by atomic mass is 9.97. The molecule has 1 atom stereocenters. The Balaban J connectivity index is 2.47. The van der Waals surface area contributed by atoms with E-state index in [1.165, 1.54) is 7.11 Å². The first-order valence-electron chi connectivity index (χ1n) is 5.98. The second-order valence-corrected chi connectivity index (χ2v) is 5.35. The molecule has 2 aromatic carbocycles. The molecule has 0 aliphatic heterocycles. The predicted molar refractivity (Wildman–Crippen MR) is 77.8 cm³/mol. The first-order valence-corrected chi connectivity index (χ1v) is 6.78. The largest absolute Gasteiger partial charge is 0.497 e. The zero-order valence-electron chi connectivity index (χ0n) is 11.1. The number of benzene rings is 2. The summed E-state index contributed by atoms with van der Waals surface area (Å²) in [4.78, 5) is 0. The summed E-state index contributed by atoms with van der Waals surface area (Å²) in [6.45, 7) is 1.89. The van der Waals surface area contributed by atoms with Crippen molar-refractivity contribution in [3.8, 4) is 5.75 Å². The van der Waals surface area contributed by atoms with Crippen molar-refractivity contribution in [3.05, 3.63) is 63.1 Å². The summed E-state index contributed by atoms with van der Waals surface area (Å²) in [5.41, 5.74) is 7.43. The molecule has 2 aromatic rings. The van der Waals surface area contributed by atoms with Gasteiger partial charge in [0.2, 0.25) is 0 Å². The molecule has 0 bridgehead atoms. The SMILES string of the molecule is COc1cc(F)c(C(N)c2ccc(Br)c(C)c2)c(F)c1. The number of methoxy groups -OCH3 is 1. The van der Waals surface area contributed by atoms with Crippen LogP contribution in [0.25, 0.3) is 0 Å². The molecule has 0 saturated heterocycles. The Morgan fingerprint density at radius 3 is 2.25 bits per heavy atom. The van der Waals surface area contributed by atoms with Gasteiger partial charge in [0, 0.05) is 22.2 Å². The zero-order chi connectivity index (χ0) is 14.9. The monoisotopic (exact) mass is 341 g/mol. The first kappa shape index (κ1) is 14.9. The van der Waals surface area contributed by atoms with E-state index in [-0.39, 0.29) is 11.3 Å². The summed E-state index contributed by atoms with van der Waals surface area (Å²) in [6, 6.07) is 6.74. The highest BCUT2D eigenvalue weighted by molar-refractivity contribution is 9.10. The molecule has 5 heteroatoms. The van der Waals surface area contributed by atoms with Crippen molar-refractivity contribution >= 4 is 15.9 Å². The second-order valence-electron chi connectivity index (χ2n) is 4.49. The van der Waals surface area contributed by atoms with Gasteiger partial charge in [0.05, 0.1) is 13.2 Å². The van der Waals surface area contributed by atoms with Gasteiger partial charge in [-0.1, -0.05) is 28.1 Å². The van der Waals surface area contributed by atoms with E-state index in [1.807, 2.05) is 13.0 Å². The van der Waals surface area contributed by atoms with Crippen LogP contribution in [0.15, 0.2) is 34.8 Å². The van der Waals surface area contributed by atoms with Gasteiger partial charge in [-0.2, -0.15) is 0 Å². The van der Waals surface area contributed by atoms with Crippen LogP contribution in [0.4, 0.5) is 8.78 Å². The fraction of sp³-hybridized carbons (Fsp3) is 0.200. The van der Waals surface area contributed by atoms with Crippen molar-refractivity contribution in [1.82, 2.24) is 0 Å². The highest BCUT2D eigenvalue weighted by Crippen LogP contribution is 2.30. The molecule has 0 saturated carbocycles. The molecule has 0 heterocycles. The van der Waals surface area contributed by atoms with Gasteiger partial charge in [0.25, 0.3) is 0 Å². The maximum Gasteiger partial charge on any atom is 0.134 e. The van der Waals surface area contributed by atoms with Crippen LogP contribution in [-0.4, -0.2) is 7.11 Å². The Morgan fingerprint density at radius 1 is 1.15 bits per heavy atom. The van der Waals surface area contributed by atoms with Gasteiger partial charge in [-0.05, 0) is 24.1 Å². The summed E-state index contributed by atoms with van der Waals surface area (Å²) >= 11 is 3.38. The van der Waals surface area contributed by atoms with Gasteiger partial charge < -0.3 is 10.5 Å². The molecule has 0 radical (unpaired) electrons. The van der Waals surface area contributed by atoms with E-state index in [0.29, 0.717) is 5.56 Å². The minimum atomic E-state index is -0.868. The van der Waals surface area contributed by atoms with E-state index in [4.69, 9.17) is 10.5 Å². The minimum absolute atomic E-state index is 0.128. The molecule has 0 aromatic heterocycles. The van der Waals surface area contributed by atoms with E-state index in [2.05, 4.69) is 15.9 Å². The van der Waals surface area contributed by atoms with Crippen molar-refractivity contribution in [3.63, 3.8) is 0 Å². The van der Waals surface area contributed by atoms with Crippen LogP contribution in [0.5, 0.6) is 5.75 Å². The highest BCUT2D eigenvalue weighted by Gasteiger charge is 2.20. The van der Waals surface area contributed by atoms with Gasteiger partial charge >= 0.3 is 0 Å². The van der Waals surface area contributed by atoms with Crippen LogP contribution >= 0.6 is 15.9 Å². The van der Waals surface area contributed by atoms with Crippen molar-refractivity contribution in [2.75, 3.05) is 7.11 Å². The smallest absolute Gasteiger partial charge is 0.134 e. The van der Waals surface area contributed by atoms with E-state index in [0.717, 1.165) is 22.2 Å². The first-order chi connectivity index (χ1) is 9.43. The number of ether oxygens (including phenoxy) is 1. The Morgan fingerprint density at radius 2 is 1.75 bits per heavy atom. The molecule has 0 spiro atoms. The lowest BCUT2D eigenvalue weighted by molar-refractivity contribution is 0.404. The van der Waals surface area contributed by atoms with Crippen LogP contribution in [-0.2, 0) is 0 Å². The summed E-state index contributed by atoms with van der Waals surface area (Å²) < 4.78 is 33.8. The number of rotatable bonds is 3. The quantitative estimate of drug-likeness (QED) is 0.912. The number of hydrogen-bond donors (Lipinski definition) is 1. The number of halogens is 3. The summed E-state index contributed by atoms with van der Waals surface area (Å²) in [7, 11) is 1.35. The van der Waals surface area contributed by atoms with E-state index in [9.17, 15) is 8.78 Å². The molecular weight excluding hydrogens is 328 g/mol. The molecule has 20 heavy (non-hydrogen) atoms. The topological polar surface area (TPSA) is 35.2 Å². The number of hydrogen-bond acceptors (Lipinski definition) is 2. The average molecular weight is 342 g/mol. The van der Waals surface area contributed by atoms with E-state index in [1.54, 1.807) is 12.1 Å². The van der Waals surface area contributed by atoms with Crippen LogP contribution in [0.2, 0.25) is 0 Å². The number of nitrogens with two attached hydrogens (primary N) is 1. The van der Waals surface area contributed by atoms with Crippen molar-refractivity contribution < 1.29 is 13.5 Å². The maximum atomic E-state index is 14.0. The Kier molecular flexibility index (Phi) is 4.40. The molecule has 0 fully saturated rings. The van der Waals surface area contributed by atoms with Crippen molar-refractivity contribution in [2.24, 2.45) is 5.73 Å². The molecule has 1 unspecified atom stereocenters. The third-order valence-corrected chi connectivity index (χ3v) is 4.03. The molecule has 106 valence electrons. The maximum absolute atomic E-state index is 14.0. The number of aryl methyl sites for hydroxylation is 1. The zero-order valence-corrected chi connectivity index (χ0v) is 12.7. The standard InChI is InChI=1S/C15H14BrF2NO/c1-8-5-9(3-4-11(8)16)15(19)14-12(17)6-10(20-2)7-13(14)18/h3-7,15H,19H2,1-2H3. The third-order valence-electron chi connectivity index (χ3n) is 3.14. The lowest BCUT2D eigenvalue weighted by Gasteiger charge is -2.16. The molecule has 0 amide bonds. The normalized spacial score (nSPS) is 12.3. The molecule has 2 N–H and O–H groups in total. The average Bonchev–Trinajstić information content (AvgIpc) is 2.40. The third kappa shape index (κ3) is 2.83. The summed E-state index contributed by atoms with van der Waals surface area (Å²) in [5.74, 6) is -1.30. The molecule has 0 aliphatic rings. The van der Waals surface area contributed by atoms with Gasteiger partial charge in [0.15, 0.2) is 0 Å². The molecule has 0 aliphatic carbocycles. The van der Waals surface area contributed by atoms with Gasteiger partial charge in [-0.25, -0.2) is 8.78 Å². The molecular formula is C15H14BrF2NO. The van der Waals surface area contributed by atoms with E-state index >= 15 is 0 Å². The van der Waals surface area contributed by atoms with Crippen molar-refractivity contribution in [2.45, 2.75) is 13.0 Å². The van der Waals surface area contributed by atoms with E-state index < -0.39 is 17.7 Å². The summed E-state index contributed by atoms with van der Waals surface area (Å²) in [6.07, 6.45) is 0. The fourth-order valence-corrected chi connectivity index (χ4v) is 2.25. The van der Waals surface area contributed by atoms with Crippen LogP contribution in [0.1, 0.15) is 22.7 Å². The van der Waals surface area contributed by atoms with Crippen LogP contribution < -0.4 is 10.5 Å².